The van der Waals surface area contributed by atoms with E-state index in [0.717, 1.165) is 31.6 Å². The zero-order chi connectivity index (χ0) is 15.1. The number of aromatic nitrogens is 4. The molecule has 0 aliphatic heterocycles. The van der Waals surface area contributed by atoms with Crippen molar-refractivity contribution in [3.8, 4) is 5.69 Å². The average molecular weight is 288 g/mol. The third-order valence-corrected chi connectivity index (χ3v) is 3.57. The molecule has 0 saturated heterocycles. The number of tetrazole rings is 1. The standard InChI is InChI=1S/C15H24N6/c1-13(2)20(3)12-8-7-11-16-15-17-18-19-21(15)14-9-5-4-6-10-14/h4-6,9-10,13H,7-8,11-12H2,1-3H3,(H,16,17,19). The zero-order valence-electron chi connectivity index (χ0n) is 13.0. The van der Waals surface area contributed by atoms with Gasteiger partial charge in [-0.3, -0.25) is 0 Å². The second-order valence-corrected chi connectivity index (χ2v) is 5.46. The van der Waals surface area contributed by atoms with E-state index in [9.17, 15) is 0 Å². The van der Waals surface area contributed by atoms with Crippen molar-refractivity contribution in [2.75, 3.05) is 25.5 Å². The molecule has 0 atom stereocenters. The van der Waals surface area contributed by atoms with Gasteiger partial charge in [0, 0.05) is 12.6 Å². The van der Waals surface area contributed by atoms with Crippen LogP contribution in [0.15, 0.2) is 30.3 Å². The Morgan fingerprint density at radius 1 is 1.19 bits per heavy atom. The predicted octanol–water partition coefficient (Wildman–Crippen LogP) is 2.19. The molecule has 0 unspecified atom stereocenters. The van der Waals surface area contributed by atoms with E-state index >= 15 is 0 Å². The van der Waals surface area contributed by atoms with Crippen LogP contribution in [-0.2, 0) is 0 Å². The molecule has 2 rings (SSSR count). The number of unbranched alkanes of at least 4 members (excludes halogenated alkanes) is 1. The molecule has 1 aromatic heterocycles. The van der Waals surface area contributed by atoms with E-state index in [1.807, 2.05) is 30.3 Å². The number of para-hydroxylation sites is 1. The topological polar surface area (TPSA) is 58.9 Å². The second kappa shape index (κ2) is 7.73. The minimum Gasteiger partial charge on any atom is -0.353 e. The lowest BCUT2D eigenvalue weighted by Gasteiger charge is -2.20. The fourth-order valence-electron chi connectivity index (χ4n) is 1.99. The molecule has 1 aromatic carbocycles. The number of nitrogens with one attached hydrogen (secondary N) is 1. The fourth-order valence-corrected chi connectivity index (χ4v) is 1.99. The average Bonchev–Trinajstić information content (AvgIpc) is 2.96. The Balaban J connectivity index is 1.79. The van der Waals surface area contributed by atoms with Crippen LogP contribution in [0.1, 0.15) is 26.7 Å². The Bertz CT molecular complexity index is 522. The van der Waals surface area contributed by atoms with Crippen LogP contribution in [0, 0.1) is 0 Å². The Morgan fingerprint density at radius 2 is 1.95 bits per heavy atom. The lowest BCUT2D eigenvalue weighted by Crippen LogP contribution is -2.27. The van der Waals surface area contributed by atoms with Crippen LogP contribution in [0.5, 0.6) is 0 Å². The van der Waals surface area contributed by atoms with Crippen LogP contribution >= 0.6 is 0 Å². The van der Waals surface area contributed by atoms with Gasteiger partial charge in [0.05, 0.1) is 5.69 Å². The molecule has 6 heteroatoms. The van der Waals surface area contributed by atoms with Gasteiger partial charge < -0.3 is 10.2 Å². The molecule has 0 radical (unpaired) electrons. The van der Waals surface area contributed by atoms with Crippen LogP contribution in [0.3, 0.4) is 0 Å². The van der Waals surface area contributed by atoms with Gasteiger partial charge in [0.15, 0.2) is 0 Å². The molecule has 0 aliphatic carbocycles. The lowest BCUT2D eigenvalue weighted by molar-refractivity contribution is 0.269. The zero-order valence-corrected chi connectivity index (χ0v) is 13.0. The first-order chi connectivity index (χ1) is 10.2. The first-order valence-corrected chi connectivity index (χ1v) is 7.46. The Morgan fingerprint density at radius 3 is 2.67 bits per heavy atom. The summed E-state index contributed by atoms with van der Waals surface area (Å²) in [6.45, 7) is 6.42. The van der Waals surface area contributed by atoms with Crippen LogP contribution in [0.2, 0.25) is 0 Å². The summed E-state index contributed by atoms with van der Waals surface area (Å²) in [7, 11) is 2.16. The van der Waals surface area contributed by atoms with Crippen molar-refractivity contribution in [1.82, 2.24) is 25.1 Å². The number of hydrogen-bond acceptors (Lipinski definition) is 5. The van der Waals surface area contributed by atoms with Crippen molar-refractivity contribution in [1.29, 1.82) is 0 Å². The highest BCUT2D eigenvalue weighted by Gasteiger charge is 2.07. The summed E-state index contributed by atoms with van der Waals surface area (Å²) in [5.41, 5.74) is 0.963. The molecule has 0 saturated carbocycles. The summed E-state index contributed by atoms with van der Waals surface area (Å²) in [6, 6.07) is 10.5. The van der Waals surface area contributed by atoms with E-state index in [-0.39, 0.29) is 0 Å². The molecule has 21 heavy (non-hydrogen) atoms. The third kappa shape index (κ3) is 4.53. The summed E-state index contributed by atoms with van der Waals surface area (Å²) >= 11 is 0. The van der Waals surface area contributed by atoms with Gasteiger partial charge >= 0.3 is 0 Å². The Kier molecular flexibility index (Phi) is 5.68. The van der Waals surface area contributed by atoms with Crippen molar-refractivity contribution in [2.24, 2.45) is 0 Å². The molecule has 0 amide bonds. The van der Waals surface area contributed by atoms with Gasteiger partial charge in [-0.2, -0.15) is 4.68 Å². The van der Waals surface area contributed by atoms with Crippen LogP contribution < -0.4 is 5.32 Å². The molecule has 1 heterocycles. The maximum Gasteiger partial charge on any atom is 0.247 e. The maximum absolute atomic E-state index is 4.03. The van der Waals surface area contributed by atoms with Crippen molar-refractivity contribution in [3.05, 3.63) is 30.3 Å². The minimum absolute atomic E-state index is 0.600. The summed E-state index contributed by atoms with van der Waals surface area (Å²) in [4.78, 5) is 2.36. The molecule has 114 valence electrons. The predicted molar refractivity (Wildman–Crippen MR) is 84.6 cm³/mol. The highest BCUT2D eigenvalue weighted by Crippen LogP contribution is 2.10. The summed E-state index contributed by atoms with van der Waals surface area (Å²) in [5, 5.41) is 15.1. The number of nitrogens with zero attached hydrogens (tertiary/aromatic N) is 5. The fraction of sp³-hybridized carbons (Fsp3) is 0.533. The van der Waals surface area contributed by atoms with Gasteiger partial charge in [-0.25, -0.2) is 0 Å². The van der Waals surface area contributed by atoms with E-state index in [2.05, 4.69) is 46.6 Å². The minimum atomic E-state index is 0.600. The van der Waals surface area contributed by atoms with Crippen molar-refractivity contribution >= 4 is 5.95 Å². The quantitative estimate of drug-likeness (QED) is 0.755. The first-order valence-electron chi connectivity index (χ1n) is 7.46. The number of anilines is 1. The summed E-state index contributed by atoms with van der Waals surface area (Å²) in [5.74, 6) is 0.693. The van der Waals surface area contributed by atoms with Crippen LogP contribution in [0.4, 0.5) is 5.95 Å². The van der Waals surface area contributed by atoms with E-state index in [1.165, 1.54) is 0 Å². The van der Waals surface area contributed by atoms with Crippen LogP contribution in [0.25, 0.3) is 5.69 Å². The van der Waals surface area contributed by atoms with E-state index < -0.39 is 0 Å². The molecule has 2 aromatic rings. The Hall–Kier alpha value is -1.95. The smallest absolute Gasteiger partial charge is 0.247 e. The van der Waals surface area contributed by atoms with Gasteiger partial charge in [-0.05, 0) is 62.8 Å². The number of hydrogen-bond donors (Lipinski definition) is 1. The monoisotopic (exact) mass is 288 g/mol. The SMILES string of the molecule is CC(C)N(C)CCCCNc1nnnn1-c1ccccc1. The normalized spacial score (nSPS) is 11.3. The lowest BCUT2D eigenvalue weighted by atomic mass is 10.2. The largest absolute Gasteiger partial charge is 0.353 e. The number of benzene rings is 1. The van der Waals surface area contributed by atoms with Gasteiger partial charge in [-0.15, -0.1) is 0 Å². The molecular weight excluding hydrogens is 264 g/mol. The first kappa shape index (κ1) is 15.4. The van der Waals surface area contributed by atoms with Gasteiger partial charge in [0.1, 0.15) is 0 Å². The highest BCUT2D eigenvalue weighted by molar-refractivity contribution is 5.38. The van der Waals surface area contributed by atoms with Gasteiger partial charge in [-0.1, -0.05) is 23.3 Å². The Labute approximate surface area is 126 Å². The highest BCUT2D eigenvalue weighted by atomic mass is 15.6. The van der Waals surface area contributed by atoms with Crippen LogP contribution in [-0.4, -0.2) is 51.3 Å². The van der Waals surface area contributed by atoms with Crippen molar-refractivity contribution in [3.63, 3.8) is 0 Å². The molecule has 6 nitrogen and oxygen atoms in total. The van der Waals surface area contributed by atoms with E-state index in [1.54, 1.807) is 4.68 Å². The van der Waals surface area contributed by atoms with Gasteiger partial charge in [0.25, 0.3) is 0 Å². The molecule has 0 spiro atoms. The third-order valence-electron chi connectivity index (χ3n) is 3.57. The molecule has 0 fully saturated rings. The summed E-state index contributed by atoms with van der Waals surface area (Å²) < 4.78 is 1.72. The second-order valence-electron chi connectivity index (χ2n) is 5.46. The molecule has 0 bridgehead atoms. The van der Waals surface area contributed by atoms with E-state index in [0.29, 0.717) is 12.0 Å². The molecular formula is C15H24N6. The van der Waals surface area contributed by atoms with Gasteiger partial charge in [0.2, 0.25) is 5.95 Å². The van der Waals surface area contributed by atoms with Crippen molar-refractivity contribution in [2.45, 2.75) is 32.7 Å². The maximum atomic E-state index is 4.03. The van der Waals surface area contributed by atoms with Crippen molar-refractivity contribution < 1.29 is 0 Å². The number of rotatable bonds is 8. The van der Waals surface area contributed by atoms with E-state index in [4.69, 9.17) is 0 Å². The molecule has 0 aliphatic rings. The summed E-state index contributed by atoms with van der Waals surface area (Å²) in [6.07, 6.45) is 2.26. The molecule has 1 N–H and O–H groups in total.